The van der Waals surface area contributed by atoms with Crippen LogP contribution in [-0.2, 0) is 12.8 Å². The Morgan fingerprint density at radius 2 is 1.67 bits per heavy atom. The van der Waals surface area contributed by atoms with Gasteiger partial charge in [-0.1, -0.05) is 65.8 Å². The fourth-order valence-electron chi connectivity index (χ4n) is 2.99. The molecule has 1 aromatic heterocycles. The van der Waals surface area contributed by atoms with Gasteiger partial charge in [0.05, 0.1) is 0 Å². The van der Waals surface area contributed by atoms with E-state index >= 15 is 0 Å². The highest BCUT2D eigenvalue weighted by Crippen LogP contribution is 2.29. The normalized spacial score (nSPS) is 11.8. The molecule has 3 nitrogen and oxygen atoms in total. The van der Waals surface area contributed by atoms with Gasteiger partial charge in [-0.05, 0) is 42.0 Å². The molecule has 3 rings (SSSR count). The summed E-state index contributed by atoms with van der Waals surface area (Å²) in [4.78, 5) is 15.6. The molecule has 0 aliphatic heterocycles. The number of nitrogens with zero attached hydrogens (tertiary/aromatic N) is 2. The van der Waals surface area contributed by atoms with Crippen LogP contribution in [0.15, 0.2) is 84.3 Å². The molecule has 0 bridgehead atoms. The summed E-state index contributed by atoms with van der Waals surface area (Å²) in [6.45, 7) is 0. The van der Waals surface area contributed by atoms with Crippen LogP contribution in [0.1, 0.15) is 34.7 Å². The van der Waals surface area contributed by atoms with Crippen LogP contribution in [0.5, 0.6) is 0 Å². The molecule has 1 unspecified atom stereocenters. The summed E-state index contributed by atoms with van der Waals surface area (Å²) >= 11 is 0. The Morgan fingerprint density at radius 3 is 2.42 bits per heavy atom. The van der Waals surface area contributed by atoms with Crippen molar-refractivity contribution < 1.29 is 0 Å². The number of hydrogen-bond acceptors (Lipinski definition) is 3. The molecule has 0 radical (unpaired) electrons. The first-order valence-electron chi connectivity index (χ1n) is 8.22. The smallest absolute Gasteiger partial charge is 0.144 e. The van der Waals surface area contributed by atoms with Gasteiger partial charge in [-0.3, -0.25) is 4.98 Å². The van der Waals surface area contributed by atoms with Gasteiger partial charge in [-0.2, -0.15) is 0 Å². The standard InChI is InChI=1S/C21H20N2O/c24-23-21(19-13-7-15-22-16-19)20-14-5-4-11-18(20)12-6-10-17-8-2-1-3-9-17/h1-5,7-9,11,13-16,21H,6,10,12H2. The zero-order chi connectivity index (χ0) is 16.6. The van der Waals surface area contributed by atoms with E-state index in [2.05, 4.69) is 40.5 Å². The molecule has 0 spiro atoms. The number of nitroso groups, excluding NO2 is 1. The van der Waals surface area contributed by atoms with Crippen LogP contribution in [0.25, 0.3) is 0 Å². The van der Waals surface area contributed by atoms with E-state index in [9.17, 15) is 4.91 Å². The number of aromatic nitrogens is 1. The molecular weight excluding hydrogens is 296 g/mol. The molecule has 3 aromatic rings. The maximum absolute atomic E-state index is 11.5. The Morgan fingerprint density at radius 1 is 0.875 bits per heavy atom. The summed E-state index contributed by atoms with van der Waals surface area (Å²) in [6, 6.07) is 21.8. The predicted molar refractivity (Wildman–Crippen MR) is 96.8 cm³/mol. The van der Waals surface area contributed by atoms with Crippen LogP contribution in [0, 0.1) is 4.91 Å². The number of benzene rings is 2. The van der Waals surface area contributed by atoms with Gasteiger partial charge < -0.3 is 0 Å². The Hall–Kier alpha value is -2.81. The Labute approximate surface area is 142 Å². The van der Waals surface area contributed by atoms with E-state index in [1.165, 1.54) is 11.1 Å². The zero-order valence-electron chi connectivity index (χ0n) is 13.5. The maximum atomic E-state index is 11.5. The van der Waals surface area contributed by atoms with Crippen molar-refractivity contribution >= 4 is 0 Å². The van der Waals surface area contributed by atoms with Crippen molar-refractivity contribution in [2.45, 2.75) is 25.3 Å². The van der Waals surface area contributed by atoms with Crippen molar-refractivity contribution in [3.05, 3.63) is 106 Å². The van der Waals surface area contributed by atoms with Gasteiger partial charge in [0.2, 0.25) is 0 Å². The summed E-state index contributed by atoms with van der Waals surface area (Å²) in [5, 5.41) is 3.37. The third-order valence-electron chi connectivity index (χ3n) is 4.21. The van der Waals surface area contributed by atoms with Crippen molar-refractivity contribution in [3.63, 3.8) is 0 Å². The molecule has 0 amide bonds. The lowest BCUT2D eigenvalue weighted by Gasteiger charge is -2.14. The van der Waals surface area contributed by atoms with Crippen LogP contribution in [0.3, 0.4) is 0 Å². The Balaban J connectivity index is 1.76. The molecule has 2 aromatic carbocycles. The average molecular weight is 316 g/mol. The van der Waals surface area contributed by atoms with Gasteiger partial charge in [0.25, 0.3) is 0 Å². The zero-order valence-corrected chi connectivity index (χ0v) is 13.5. The Bertz CT molecular complexity index is 772. The quantitative estimate of drug-likeness (QED) is 0.568. The minimum absolute atomic E-state index is 0.494. The SMILES string of the molecule is O=NC(c1cccnc1)c1ccccc1CCCc1ccccc1. The van der Waals surface area contributed by atoms with Gasteiger partial charge in [0.1, 0.15) is 6.04 Å². The van der Waals surface area contributed by atoms with Crippen LogP contribution in [-0.4, -0.2) is 4.98 Å². The summed E-state index contributed by atoms with van der Waals surface area (Å²) < 4.78 is 0. The molecule has 0 fully saturated rings. The van der Waals surface area contributed by atoms with E-state index in [0.29, 0.717) is 0 Å². The van der Waals surface area contributed by atoms with Gasteiger partial charge in [-0.15, -0.1) is 4.91 Å². The first-order chi connectivity index (χ1) is 11.9. The summed E-state index contributed by atoms with van der Waals surface area (Å²) in [7, 11) is 0. The Kier molecular flexibility index (Phi) is 5.46. The largest absolute Gasteiger partial charge is 0.264 e. The van der Waals surface area contributed by atoms with Gasteiger partial charge in [0, 0.05) is 18.0 Å². The van der Waals surface area contributed by atoms with E-state index < -0.39 is 6.04 Å². The van der Waals surface area contributed by atoms with E-state index in [1.54, 1.807) is 12.4 Å². The fourth-order valence-corrected chi connectivity index (χ4v) is 2.99. The molecule has 120 valence electrons. The number of aryl methyl sites for hydroxylation is 2. The summed E-state index contributed by atoms with van der Waals surface area (Å²) in [5.41, 5.74) is 4.34. The molecule has 0 aliphatic rings. The third kappa shape index (κ3) is 3.93. The van der Waals surface area contributed by atoms with E-state index in [1.807, 2.05) is 36.4 Å². The first kappa shape index (κ1) is 16.1. The monoisotopic (exact) mass is 316 g/mol. The minimum atomic E-state index is -0.494. The second-order valence-electron chi connectivity index (χ2n) is 5.83. The predicted octanol–water partition coefficient (Wildman–Crippen LogP) is 5.11. The number of hydrogen-bond donors (Lipinski definition) is 0. The van der Waals surface area contributed by atoms with Crippen molar-refractivity contribution in [3.8, 4) is 0 Å². The topological polar surface area (TPSA) is 42.3 Å². The van der Waals surface area contributed by atoms with E-state index in [0.717, 1.165) is 30.4 Å². The van der Waals surface area contributed by atoms with Gasteiger partial charge >= 0.3 is 0 Å². The van der Waals surface area contributed by atoms with Crippen LogP contribution in [0.2, 0.25) is 0 Å². The van der Waals surface area contributed by atoms with Crippen molar-refractivity contribution in [1.82, 2.24) is 4.98 Å². The number of rotatable bonds is 7. The summed E-state index contributed by atoms with van der Waals surface area (Å²) in [6.07, 6.45) is 6.42. The second kappa shape index (κ2) is 8.16. The number of pyridine rings is 1. The first-order valence-corrected chi connectivity index (χ1v) is 8.22. The highest BCUT2D eigenvalue weighted by atomic mass is 16.3. The minimum Gasteiger partial charge on any atom is -0.264 e. The van der Waals surface area contributed by atoms with Gasteiger partial charge in [-0.25, -0.2) is 0 Å². The van der Waals surface area contributed by atoms with Crippen molar-refractivity contribution in [1.29, 1.82) is 0 Å². The molecule has 0 aliphatic carbocycles. The molecule has 3 heteroatoms. The molecular formula is C21H20N2O. The van der Waals surface area contributed by atoms with Crippen LogP contribution < -0.4 is 0 Å². The van der Waals surface area contributed by atoms with Crippen LogP contribution in [0.4, 0.5) is 0 Å². The lowest BCUT2D eigenvalue weighted by Crippen LogP contribution is -2.03. The molecule has 0 saturated carbocycles. The second-order valence-corrected chi connectivity index (χ2v) is 5.83. The average Bonchev–Trinajstić information content (AvgIpc) is 2.65. The molecule has 24 heavy (non-hydrogen) atoms. The highest BCUT2D eigenvalue weighted by molar-refractivity contribution is 5.37. The summed E-state index contributed by atoms with van der Waals surface area (Å²) in [5.74, 6) is 0. The van der Waals surface area contributed by atoms with Gasteiger partial charge in [0.15, 0.2) is 0 Å². The van der Waals surface area contributed by atoms with Crippen molar-refractivity contribution in [2.24, 2.45) is 5.18 Å². The lowest BCUT2D eigenvalue weighted by atomic mass is 9.93. The molecule has 0 N–H and O–H groups in total. The maximum Gasteiger partial charge on any atom is 0.144 e. The van der Waals surface area contributed by atoms with E-state index in [-0.39, 0.29) is 0 Å². The lowest BCUT2D eigenvalue weighted by molar-refractivity contribution is 0.782. The fraction of sp³-hybridized carbons (Fsp3) is 0.190. The highest BCUT2D eigenvalue weighted by Gasteiger charge is 2.17. The molecule has 1 atom stereocenters. The third-order valence-corrected chi connectivity index (χ3v) is 4.21. The molecule has 0 saturated heterocycles. The molecule has 1 heterocycles. The van der Waals surface area contributed by atoms with Crippen LogP contribution >= 0.6 is 0 Å². The van der Waals surface area contributed by atoms with E-state index in [4.69, 9.17) is 0 Å². The van der Waals surface area contributed by atoms with Crippen molar-refractivity contribution in [2.75, 3.05) is 0 Å².